The van der Waals surface area contributed by atoms with E-state index in [1.807, 2.05) is 54.7 Å². The molecule has 1 aliphatic heterocycles. The van der Waals surface area contributed by atoms with Crippen molar-refractivity contribution < 1.29 is 9.59 Å². The summed E-state index contributed by atoms with van der Waals surface area (Å²) in [4.78, 5) is 36.2. The number of fused-ring (bicyclic) bond motifs is 1. The molecule has 0 saturated carbocycles. The molecule has 6 heteroatoms. The number of nitrogens with one attached hydrogen (secondary N) is 1. The Morgan fingerprint density at radius 1 is 1.03 bits per heavy atom. The minimum Gasteiger partial charge on any atom is -0.340 e. The first-order valence-corrected chi connectivity index (χ1v) is 9.67. The van der Waals surface area contributed by atoms with Crippen molar-refractivity contribution in [3.05, 3.63) is 95.6 Å². The van der Waals surface area contributed by atoms with E-state index in [9.17, 15) is 9.59 Å². The highest BCUT2D eigenvalue weighted by atomic mass is 16.2. The maximum absolute atomic E-state index is 13.3. The van der Waals surface area contributed by atoms with Crippen LogP contribution in [0.25, 0.3) is 0 Å². The molecule has 0 aliphatic carbocycles. The molecule has 2 aromatic carbocycles. The van der Waals surface area contributed by atoms with Gasteiger partial charge in [0.1, 0.15) is 12.4 Å². The molecule has 0 saturated heterocycles. The maximum atomic E-state index is 13.3. The molecule has 146 valence electrons. The Bertz CT molecular complexity index is 992. The molecule has 4 rings (SSSR count). The van der Waals surface area contributed by atoms with E-state index in [1.165, 1.54) is 6.33 Å². The lowest BCUT2D eigenvalue weighted by Gasteiger charge is -2.31. The summed E-state index contributed by atoms with van der Waals surface area (Å²) in [5, 5.41) is 2.94. The zero-order chi connectivity index (χ0) is 20.1. The molecule has 0 spiro atoms. The molecule has 1 N–H and O–H groups in total. The van der Waals surface area contributed by atoms with Gasteiger partial charge in [-0.2, -0.15) is 0 Å². The van der Waals surface area contributed by atoms with Crippen LogP contribution in [0.1, 0.15) is 27.2 Å². The summed E-state index contributed by atoms with van der Waals surface area (Å²) in [5.41, 5.74) is 3.48. The van der Waals surface area contributed by atoms with Gasteiger partial charge in [-0.1, -0.05) is 48.5 Å². The maximum Gasteiger partial charge on any atom is 0.251 e. The molecule has 0 fully saturated rings. The second kappa shape index (κ2) is 8.65. The van der Waals surface area contributed by atoms with E-state index < -0.39 is 6.04 Å². The van der Waals surface area contributed by atoms with Gasteiger partial charge in [-0.25, -0.2) is 9.97 Å². The number of hydrogen-bond donors (Lipinski definition) is 1. The topological polar surface area (TPSA) is 75.2 Å². The second-order valence-corrected chi connectivity index (χ2v) is 7.09. The third kappa shape index (κ3) is 4.48. The Morgan fingerprint density at radius 3 is 2.52 bits per heavy atom. The lowest BCUT2D eigenvalue weighted by Crippen LogP contribution is -2.51. The number of carbonyl (C=O) groups is 2. The molecule has 0 bridgehead atoms. The van der Waals surface area contributed by atoms with E-state index in [0.717, 1.165) is 16.8 Å². The Kier molecular flexibility index (Phi) is 5.61. The second-order valence-electron chi connectivity index (χ2n) is 7.09. The molecular weight excluding hydrogens is 364 g/mol. The molecule has 2 amide bonds. The molecule has 6 nitrogen and oxygen atoms in total. The zero-order valence-electron chi connectivity index (χ0n) is 16.0. The highest BCUT2D eigenvalue weighted by Gasteiger charge is 2.29. The van der Waals surface area contributed by atoms with E-state index in [0.29, 0.717) is 31.5 Å². The fourth-order valence-corrected chi connectivity index (χ4v) is 3.54. The van der Waals surface area contributed by atoms with Gasteiger partial charge in [0.15, 0.2) is 0 Å². The average molecular weight is 386 g/mol. The number of hydrogen-bond acceptors (Lipinski definition) is 4. The van der Waals surface area contributed by atoms with Crippen molar-refractivity contribution >= 4 is 11.8 Å². The minimum atomic E-state index is -0.645. The largest absolute Gasteiger partial charge is 0.340 e. The van der Waals surface area contributed by atoms with Crippen LogP contribution in [-0.2, 0) is 24.2 Å². The predicted octanol–water partition coefficient (Wildman–Crippen LogP) is 2.40. The lowest BCUT2D eigenvalue weighted by atomic mass is 10.0. The van der Waals surface area contributed by atoms with E-state index in [2.05, 4.69) is 15.3 Å². The molecule has 3 aromatic rings. The first kappa shape index (κ1) is 18.8. The standard InChI is InChI=1S/C23H22N4O2/c28-22(18-9-5-2-6-10-18)26-20(13-17-7-3-1-4-8-17)23(29)27-12-11-19-14-24-16-25-21(19)15-27/h1-10,14,16,20H,11-13,15H2,(H,26,28)/t20-/m0/s1. The van der Waals surface area contributed by atoms with Gasteiger partial charge in [-0.05, 0) is 29.7 Å². The van der Waals surface area contributed by atoms with Crippen LogP contribution >= 0.6 is 0 Å². The summed E-state index contributed by atoms with van der Waals surface area (Å²) < 4.78 is 0. The monoisotopic (exact) mass is 386 g/mol. The molecule has 29 heavy (non-hydrogen) atoms. The summed E-state index contributed by atoms with van der Waals surface area (Å²) in [6.45, 7) is 1.02. The molecule has 1 aliphatic rings. The molecule has 1 atom stereocenters. The summed E-state index contributed by atoms with van der Waals surface area (Å²) >= 11 is 0. The molecule has 0 radical (unpaired) electrons. The lowest BCUT2D eigenvalue weighted by molar-refractivity contribution is -0.134. The minimum absolute atomic E-state index is 0.0950. The summed E-state index contributed by atoms with van der Waals surface area (Å²) in [6, 6.07) is 18.1. The van der Waals surface area contributed by atoms with Crippen LogP contribution in [0.2, 0.25) is 0 Å². The van der Waals surface area contributed by atoms with E-state index >= 15 is 0 Å². The van der Waals surface area contributed by atoms with E-state index in [-0.39, 0.29) is 11.8 Å². The Hall–Kier alpha value is -3.54. The van der Waals surface area contributed by atoms with Crippen molar-refractivity contribution in [2.24, 2.45) is 0 Å². The first-order chi connectivity index (χ1) is 14.2. The Balaban J connectivity index is 1.54. The van der Waals surface area contributed by atoms with Gasteiger partial charge in [-0.3, -0.25) is 9.59 Å². The Morgan fingerprint density at radius 2 is 1.76 bits per heavy atom. The van der Waals surface area contributed by atoms with Gasteiger partial charge >= 0.3 is 0 Å². The third-order valence-corrected chi connectivity index (χ3v) is 5.11. The molecule has 2 heterocycles. The van der Waals surface area contributed by atoms with Gasteiger partial charge in [0, 0.05) is 24.7 Å². The SMILES string of the molecule is O=C(N[C@@H](Cc1ccccc1)C(=O)N1CCc2cncnc2C1)c1ccccc1. The van der Waals surface area contributed by atoms with Gasteiger partial charge in [0.05, 0.1) is 12.2 Å². The fraction of sp³-hybridized carbons (Fsp3) is 0.217. The van der Waals surface area contributed by atoms with Crippen LogP contribution in [0.5, 0.6) is 0 Å². The number of nitrogens with zero attached hydrogens (tertiary/aromatic N) is 3. The third-order valence-electron chi connectivity index (χ3n) is 5.11. The van der Waals surface area contributed by atoms with Gasteiger partial charge in [0.2, 0.25) is 5.91 Å². The number of benzene rings is 2. The van der Waals surface area contributed by atoms with Crippen LogP contribution in [0, 0.1) is 0 Å². The normalized spacial score (nSPS) is 14.0. The zero-order valence-corrected chi connectivity index (χ0v) is 16.0. The summed E-state index contributed by atoms with van der Waals surface area (Å²) in [5.74, 6) is -0.345. The van der Waals surface area contributed by atoms with Crippen molar-refractivity contribution in [2.75, 3.05) is 6.54 Å². The van der Waals surface area contributed by atoms with Gasteiger partial charge in [0.25, 0.3) is 5.91 Å². The predicted molar refractivity (Wildman–Crippen MR) is 109 cm³/mol. The molecular formula is C23H22N4O2. The first-order valence-electron chi connectivity index (χ1n) is 9.67. The van der Waals surface area contributed by atoms with Crippen LogP contribution in [-0.4, -0.2) is 39.3 Å². The number of amides is 2. The van der Waals surface area contributed by atoms with Crippen LogP contribution < -0.4 is 5.32 Å². The highest BCUT2D eigenvalue weighted by molar-refractivity contribution is 5.97. The smallest absolute Gasteiger partial charge is 0.251 e. The van der Waals surface area contributed by atoms with Crippen LogP contribution in [0.3, 0.4) is 0 Å². The highest BCUT2D eigenvalue weighted by Crippen LogP contribution is 2.17. The van der Waals surface area contributed by atoms with Crippen molar-refractivity contribution in [2.45, 2.75) is 25.4 Å². The Labute approximate surface area is 169 Å². The van der Waals surface area contributed by atoms with Crippen molar-refractivity contribution in [3.8, 4) is 0 Å². The molecule has 1 aromatic heterocycles. The fourth-order valence-electron chi connectivity index (χ4n) is 3.54. The van der Waals surface area contributed by atoms with E-state index in [4.69, 9.17) is 0 Å². The van der Waals surface area contributed by atoms with E-state index in [1.54, 1.807) is 17.0 Å². The van der Waals surface area contributed by atoms with Crippen LogP contribution in [0.15, 0.2) is 73.2 Å². The number of carbonyl (C=O) groups excluding carboxylic acids is 2. The summed E-state index contributed by atoms with van der Waals surface area (Å²) in [7, 11) is 0. The van der Waals surface area contributed by atoms with Gasteiger partial charge in [-0.15, -0.1) is 0 Å². The molecule has 0 unspecified atom stereocenters. The quantitative estimate of drug-likeness (QED) is 0.731. The summed E-state index contributed by atoms with van der Waals surface area (Å²) in [6.07, 6.45) is 4.46. The van der Waals surface area contributed by atoms with Crippen LogP contribution in [0.4, 0.5) is 0 Å². The van der Waals surface area contributed by atoms with Crippen molar-refractivity contribution in [1.82, 2.24) is 20.2 Å². The number of rotatable bonds is 5. The number of aromatic nitrogens is 2. The van der Waals surface area contributed by atoms with Crippen molar-refractivity contribution in [3.63, 3.8) is 0 Å². The van der Waals surface area contributed by atoms with Gasteiger partial charge < -0.3 is 10.2 Å². The average Bonchev–Trinajstić information content (AvgIpc) is 2.79. The van der Waals surface area contributed by atoms with Crippen molar-refractivity contribution in [1.29, 1.82) is 0 Å².